The Labute approximate surface area is 121 Å². The second-order valence-corrected chi connectivity index (χ2v) is 5.99. The van der Waals surface area contributed by atoms with Gasteiger partial charge in [-0.05, 0) is 6.42 Å². The van der Waals surface area contributed by atoms with Crippen LogP contribution in [0.25, 0.3) is 0 Å². The van der Waals surface area contributed by atoms with E-state index in [1.54, 1.807) is 7.05 Å². The second-order valence-electron chi connectivity index (χ2n) is 5.99. The fourth-order valence-electron chi connectivity index (χ4n) is 1.56. The van der Waals surface area contributed by atoms with Crippen molar-refractivity contribution in [2.24, 2.45) is 5.41 Å². The normalized spacial score (nSPS) is 12.9. The van der Waals surface area contributed by atoms with E-state index < -0.39 is 11.5 Å². The summed E-state index contributed by atoms with van der Waals surface area (Å²) in [5, 5.41) is 12.3. The molecule has 0 aliphatic heterocycles. The summed E-state index contributed by atoms with van der Waals surface area (Å²) >= 11 is 0. The molecular formula is C14H28N2O4. The molecule has 6 nitrogen and oxygen atoms in total. The molecule has 0 saturated carbocycles. The lowest BCUT2D eigenvalue weighted by molar-refractivity contribution is -0.132. The minimum absolute atomic E-state index is 0.0196. The molecular weight excluding hydrogens is 260 g/mol. The number of methoxy groups -OCH3 is 1. The van der Waals surface area contributed by atoms with E-state index in [1.807, 2.05) is 20.8 Å². The predicted octanol–water partition coefficient (Wildman–Crippen LogP) is 0.395. The summed E-state index contributed by atoms with van der Waals surface area (Å²) in [6.07, 6.45) is 0.265. The summed E-state index contributed by atoms with van der Waals surface area (Å²) in [6.45, 7) is 6.48. The topological polar surface area (TPSA) is 78.9 Å². The first-order valence-corrected chi connectivity index (χ1v) is 6.87. The average molecular weight is 288 g/mol. The molecule has 0 aromatic carbocycles. The summed E-state index contributed by atoms with van der Waals surface area (Å²) in [4.78, 5) is 24.9. The number of likely N-dealkylation sites (N-methyl/N-ethyl adjacent to an activating group) is 1. The highest BCUT2D eigenvalue weighted by molar-refractivity contribution is 5.81. The first-order chi connectivity index (χ1) is 9.18. The third-order valence-corrected chi connectivity index (χ3v) is 2.80. The zero-order valence-corrected chi connectivity index (χ0v) is 13.2. The molecule has 0 bridgehead atoms. The van der Waals surface area contributed by atoms with Crippen molar-refractivity contribution < 1.29 is 19.4 Å². The van der Waals surface area contributed by atoms with Crippen LogP contribution in [0.1, 0.15) is 33.6 Å². The highest BCUT2D eigenvalue weighted by atomic mass is 16.5. The van der Waals surface area contributed by atoms with Crippen molar-refractivity contribution in [2.45, 2.75) is 39.7 Å². The molecule has 6 heteroatoms. The molecule has 1 unspecified atom stereocenters. The lowest BCUT2D eigenvalue weighted by atomic mass is 9.96. The number of nitrogens with zero attached hydrogens (tertiary/aromatic N) is 1. The van der Waals surface area contributed by atoms with Crippen molar-refractivity contribution in [3.8, 4) is 0 Å². The van der Waals surface area contributed by atoms with Crippen molar-refractivity contribution in [2.75, 3.05) is 33.9 Å². The summed E-state index contributed by atoms with van der Waals surface area (Å²) in [6, 6.07) is 0. The number of hydrogen-bond donors (Lipinski definition) is 2. The van der Waals surface area contributed by atoms with E-state index in [4.69, 9.17) is 4.74 Å². The monoisotopic (exact) mass is 288 g/mol. The van der Waals surface area contributed by atoms with Gasteiger partial charge < -0.3 is 20.1 Å². The first-order valence-electron chi connectivity index (χ1n) is 6.87. The summed E-state index contributed by atoms with van der Waals surface area (Å²) in [5.74, 6) is -0.0704. The van der Waals surface area contributed by atoms with Gasteiger partial charge in [-0.25, -0.2) is 0 Å². The van der Waals surface area contributed by atoms with Gasteiger partial charge in [-0.3, -0.25) is 9.59 Å². The SMILES string of the molecule is COCC(O)CN(C)C(=O)CCCNC(=O)C(C)(C)C. The van der Waals surface area contributed by atoms with Crippen LogP contribution in [-0.2, 0) is 14.3 Å². The van der Waals surface area contributed by atoms with E-state index in [2.05, 4.69) is 5.32 Å². The highest BCUT2D eigenvalue weighted by Crippen LogP contribution is 2.12. The molecule has 0 aliphatic rings. The van der Waals surface area contributed by atoms with Gasteiger partial charge in [0.25, 0.3) is 0 Å². The van der Waals surface area contributed by atoms with E-state index in [0.717, 1.165) is 0 Å². The minimum Gasteiger partial charge on any atom is -0.389 e. The smallest absolute Gasteiger partial charge is 0.225 e. The van der Waals surface area contributed by atoms with Crippen molar-refractivity contribution in [1.29, 1.82) is 0 Å². The number of aliphatic hydroxyl groups excluding tert-OH is 1. The Morgan fingerprint density at radius 2 is 1.95 bits per heavy atom. The summed E-state index contributed by atoms with van der Waals surface area (Å²) < 4.78 is 4.81. The van der Waals surface area contributed by atoms with Crippen LogP contribution in [0, 0.1) is 5.41 Å². The number of rotatable bonds is 8. The number of hydrogen-bond acceptors (Lipinski definition) is 4. The Morgan fingerprint density at radius 3 is 2.45 bits per heavy atom. The van der Waals surface area contributed by atoms with Gasteiger partial charge in [0.2, 0.25) is 11.8 Å². The molecule has 118 valence electrons. The van der Waals surface area contributed by atoms with Gasteiger partial charge in [-0.2, -0.15) is 0 Å². The molecule has 0 radical (unpaired) electrons. The molecule has 2 amide bonds. The Morgan fingerprint density at radius 1 is 1.35 bits per heavy atom. The molecule has 20 heavy (non-hydrogen) atoms. The summed E-state index contributed by atoms with van der Waals surface area (Å²) in [5.41, 5.74) is -0.412. The van der Waals surface area contributed by atoms with Crippen LogP contribution in [0.15, 0.2) is 0 Å². The van der Waals surface area contributed by atoms with Crippen molar-refractivity contribution in [1.82, 2.24) is 10.2 Å². The van der Waals surface area contributed by atoms with Gasteiger partial charge in [-0.15, -0.1) is 0 Å². The number of carbonyl (C=O) groups is 2. The fraction of sp³-hybridized carbons (Fsp3) is 0.857. The Bertz CT molecular complexity index is 313. The molecule has 0 aromatic rings. The van der Waals surface area contributed by atoms with E-state index in [1.165, 1.54) is 12.0 Å². The number of amides is 2. The third kappa shape index (κ3) is 8.12. The molecule has 0 fully saturated rings. The van der Waals surface area contributed by atoms with Crippen LogP contribution in [-0.4, -0.2) is 61.8 Å². The summed E-state index contributed by atoms with van der Waals surface area (Å²) in [7, 11) is 3.15. The largest absolute Gasteiger partial charge is 0.389 e. The number of ether oxygens (including phenoxy) is 1. The maximum atomic E-state index is 11.8. The third-order valence-electron chi connectivity index (χ3n) is 2.80. The van der Waals surface area contributed by atoms with Crippen LogP contribution in [0.5, 0.6) is 0 Å². The highest BCUT2D eigenvalue weighted by Gasteiger charge is 2.20. The minimum atomic E-state index is -0.672. The molecule has 2 N–H and O–H groups in total. The Balaban J connectivity index is 3.85. The maximum Gasteiger partial charge on any atom is 0.225 e. The predicted molar refractivity (Wildman–Crippen MR) is 77.2 cm³/mol. The van der Waals surface area contributed by atoms with Crippen molar-refractivity contribution in [3.05, 3.63) is 0 Å². The van der Waals surface area contributed by atoms with E-state index >= 15 is 0 Å². The quantitative estimate of drug-likeness (QED) is 0.634. The molecule has 0 aliphatic carbocycles. The van der Waals surface area contributed by atoms with E-state index in [-0.39, 0.29) is 25.0 Å². The zero-order chi connectivity index (χ0) is 15.8. The standard InChI is InChI=1S/C14H28N2O4/c1-14(2,3)13(19)15-8-6-7-12(18)16(4)9-11(17)10-20-5/h11,17H,6-10H2,1-5H3,(H,15,19). The van der Waals surface area contributed by atoms with Crippen molar-refractivity contribution in [3.63, 3.8) is 0 Å². The van der Waals surface area contributed by atoms with E-state index in [0.29, 0.717) is 19.4 Å². The molecule has 0 heterocycles. The number of aliphatic hydroxyl groups is 1. The van der Waals surface area contributed by atoms with Crippen LogP contribution in [0.4, 0.5) is 0 Å². The molecule has 0 rings (SSSR count). The zero-order valence-electron chi connectivity index (χ0n) is 13.2. The van der Waals surface area contributed by atoms with Gasteiger partial charge >= 0.3 is 0 Å². The van der Waals surface area contributed by atoms with Crippen LogP contribution >= 0.6 is 0 Å². The van der Waals surface area contributed by atoms with Gasteiger partial charge in [0.05, 0.1) is 12.7 Å². The average Bonchev–Trinajstić information content (AvgIpc) is 2.32. The fourth-order valence-corrected chi connectivity index (χ4v) is 1.56. The Hall–Kier alpha value is -1.14. The van der Waals surface area contributed by atoms with Crippen LogP contribution in [0.2, 0.25) is 0 Å². The van der Waals surface area contributed by atoms with Crippen LogP contribution in [0.3, 0.4) is 0 Å². The molecule has 0 saturated heterocycles. The lowest BCUT2D eigenvalue weighted by Gasteiger charge is -2.21. The lowest BCUT2D eigenvalue weighted by Crippen LogP contribution is -2.37. The number of nitrogens with one attached hydrogen (secondary N) is 1. The van der Waals surface area contributed by atoms with E-state index in [9.17, 15) is 14.7 Å². The molecule has 0 spiro atoms. The maximum absolute atomic E-state index is 11.8. The van der Waals surface area contributed by atoms with Gasteiger partial charge in [0.15, 0.2) is 0 Å². The van der Waals surface area contributed by atoms with Crippen LogP contribution < -0.4 is 5.32 Å². The van der Waals surface area contributed by atoms with Gasteiger partial charge in [-0.1, -0.05) is 20.8 Å². The Kier molecular flexibility index (Phi) is 8.41. The van der Waals surface area contributed by atoms with Crippen molar-refractivity contribution >= 4 is 11.8 Å². The molecule has 1 atom stereocenters. The van der Waals surface area contributed by atoms with Gasteiger partial charge in [0.1, 0.15) is 0 Å². The van der Waals surface area contributed by atoms with Gasteiger partial charge in [0, 0.05) is 39.1 Å². The second kappa shape index (κ2) is 8.92. The number of carbonyl (C=O) groups excluding carboxylic acids is 2. The first kappa shape index (κ1) is 18.9. The molecule has 0 aromatic heterocycles.